The van der Waals surface area contributed by atoms with Gasteiger partial charge in [0.1, 0.15) is 0 Å². The average molecular weight is 123 g/mol. The van der Waals surface area contributed by atoms with Crippen LogP contribution in [-0.2, 0) is 4.79 Å². The topological polar surface area (TPSA) is 108 Å². The summed E-state index contributed by atoms with van der Waals surface area (Å²) in [7, 11) is 0. The number of aliphatic hydroxyl groups is 1. The zero-order valence-corrected chi connectivity index (χ0v) is 4.50. The highest BCUT2D eigenvalue weighted by Gasteiger charge is 1.89. The third-order valence-electron chi connectivity index (χ3n) is 0.341. The van der Waals surface area contributed by atoms with Crippen molar-refractivity contribution < 1.29 is 26.1 Å². The van der Waals surface area contributed by atoms with E-state index in [-0.39, 0.29) is 0 Å². The van der Waals surface area contributed by atoms with Crippen LogP contribution in [0.25, 0.3) is 0 Å². The van der Waals surface area contributed by atoms with Crippen molar-refractivity contribution in [1.82, 2.24) is 0 Å². The molecule has 0 heterocycles. The summed E-state index contributed by atoms with van der Waals surface area (Å²) >= 11 is 0. The van der Waals surface area contributed by atoms with Crippen LogP contribution in [0.15, 0.2) is 0 Å². The highest BCUT2D eigenvalue weighted by molar-refractivity contribution is 5.68. The highest BCUT2D eigenvalue weighted by atomic mass is 16.4. The maximum atomic E-state index is 9.34. The second-order valence-corrected chi connectivity index (χ2v) is 0.995. The largest absolute Gasteiger partial charge is 0.547 e. The summed E-state index contributed by atoms with van der Waals surface area (Å²) in [5, 5.41) is 24.1. The Morgan fingerprint density at radius 2 is 1.88 bits per heavy atom. The van der Waals surface area contributed by atoms with E-state index in [1.165, 1.54) is 0 Å². The fraction of sp³-hybridized carbons (Fsp3) is 0.667. The zero-order valence-electron chi connectivity index (χ0n) is 4.50. The van der Waals surface area contributed by atoms with Gasteiger partial charge in [0.2, 0.25) is 0 Å². The van der Waals surface area contributed by atoms with Gasteiger partial charge in [0, 0.05) is 0 Å². The SMILES string of the molecule is CC(O)C(=O)[O-].[NH3+]O. The molecule has 0 aliphatic heterocycles. The van der Waals surface area contributed by atoms with Crippen LogP contribution in [-0.4, -0.2) is 22.4 Å². The first-order valence-electron chi connectivity index (χ1n) is 1.85. The molecule has 0 aromatic carbocycles. The van der Waals surface area contributed by atoms with E-state index in [9.17, 15) is 9.90 Å². The molecule has 1 atom stereocenters. The molecule has 8 heavy (non-hydrogen) atoms. The van der Waals surface area contributed by atoms with Crippen molar-refractivity contribution in [1.29, 1.82) is 0 Å². The summed E-state index contributed by atoms with van der Waals surface area (Å²) < 4.78 is 0. The van der Waals surface area contributed by atoms with Crippen molar-refractivity contribution in [3.63, 3.8) is 0 Å². The minimum atomic E-state index is -1.44. The van der Waals surface area contributed by atoms with Crippen LogP contribution < -0.4 is 11.0 Å². The minimum absolute atomic E-state index is 1.13. The number of carbonyl (C=O) groups excluding carboxylic acids is 1. The van der Waals surface area contributed by atoms with Crippen LogP contribution >= 0.6 is 0 Å². The third kappa shape index (κ3) is 9.02. The summed E-state index contributed by atoms with van der Waals surface area (Å²) in [6.07, 6.45) is -1.34. The molecular formula is C3H9NO4. The molecule has 50 valence electrons. The summed E-state index contributed by atoms with van der Waals surface area (Å²) in [5.74, 6) is 0.815. The Labute approximate surface area is 46.3 Å². The van der Waals surface area contributed by atoms with Gasteiger partial charge >= 0.3 is 0 Å². The number of aliphatic hydroxyl groups excluding tert-OH is 1. The predicted molar refractivity (Wildman–Crippen MR) is 21.4 cm³/mol. The molecule has 0 radical (unpaired) electrons. The predicted octanol–water partition coefficient (Wildman–Crippen LogP) is -3.27. The van der Waals surface area contributed by atoms with Crippen LogP contribution in [0.3, 0.4) is 0 Å². The standard InChI is InChI=1S/C3H6O3.H4NO/c1-2(4)3(5)6;1-2/h2,4H,1H3,(H,5,6);2H,1H3/q;+1/p-1. The molecule has 0 aromatic rings. The Kier molecular flexibility index (Phi) is 8.22. The molecule has 0 saturated heterocycles. The van der Waals surface area contributed by atoms with E-state index in [4.69, 9.17) is 10.3 Å². The highest BCUT2D eigenvalue weighted by Crippen LogP contribution is 1.69. The summed E-state index contributed by atoms with van der Waals surface area (Å²) in [6, 6.07) is 0. The maximum Gasteiger partial charge on any atom is 0.0905 e. The van der Waals surface area contributed by atoms with E-state index in [2.05, 4.69) is 5.90 Å². The molecule has 5 nitrogen and oxygen atoms in total. The van der Waals surface area contributed by atoms with Crippen LogP contribution in [0.2, 0.25) is 0 Å². The zero-order chi connectivity index (χ0) is 7.15. The van der Waals surface area contributed by atoms with E-state index >= 15 is 0 Å². The second-order valence-electron chi connectivity index (χ2n) is 0.995. The minimum Gasteiger partial charge on any atom is -0.547 e. The lowest BCUT2D eigenvalue weighted by Crippen LogP contribution is -2.42. The molecule has 0 saturated carbocycles. The van der Waals surface area contributed by atoms with Crippen LogP contribution in [0, 0.1) is 0 Å². The van der Waals surface area contributed by atoms with Crippen molar-refractivity contribution in [2.45, 2.75) is 13.0 Å². The number of carboxylic acids is 1. The first-order valence-corrected chi connectivity index (χ1v) is 1.85. The van der Waals surface area contributed by atoms with Crippen LogP contribution in [0.1, 0.15) is 6.92 Å². The Balaban J connectivity index is 0. The quantitative estimate of drug-likeness (QED) is 0.318. The maximum absolute atomic E-state index is 9.34. The van der Waals surface area contributed by atoms with Gasteiger partial charge < -0.3 is 15.0 Å². The molecular weight excluding hydrogens is 114 g/mol. The van der Waals surface area contributed by atoms with Gasteiger partial charge in [-0.2, -0.15) is 0 Å². The Hall–Kier alpha value is -0.650. The van der Waals surface area contributed by atoms with Gasteiger partial charge in [-0.25, -0.2) is 11.1 Å². The average Bonchev–Trinajstić information content (AvgIpc) is 1.72. The van der Waals surface area contributed by atoms with E-state index < -0.39 is 12.1 Å². The van der Waals surface area contributed by atoms with Gasteiger partial charge in [0.25, 0.3) is 0 Å². The molecule has 0 rings (SSSR count). The number of rotatable bonds is 1. The van der Waals surface area contributed by atoms with E-state index in [1.54, 1.807) is 0 Å². The Morgan fingerprint density at radius 1 is 1.75 bits per heavy atom. The first kappa shape index (κ1) is 10.4. The Bertz CT molecular complexity index is 62.3. The van der Waals surface area contributed by atoms with Crippen molar-refractivity contribution in [2.75, 3.05) is 0 Å². The van der Waals surface area contributed by atoms with Gasteiger partial charge in [-0.15, -0.1) is 0 Å². The lowest BCUT2D eigenvalue weighted by molar-refractivity contribution is -0.670. The van der Waals surface area contributed by atoms with Gasteiger partial charge in [-0.05, 0) is 6.92 Å². The normalized spacial score (nSPS) is 11.0. The third-order valence-corrected chi connectivity index (χ3v) is 0.341. The molecule has 0 amide bonds. The van der Waals surface area contributed by atoms with Crippen molar-refractivity contribution in [3.05, 3.63) is 0 Å². The van der Waals surface area contributed by atoms with Gasteiger partial charge in [0.15, 0.2) is 0 Å². The number of hydrogen-bond donors (Lipinski definition) is 3. The summed E-state index contributed by atoms with van der Waals surface area (Å²) in [5.41, 5.74) is 0. The smallest absolute Gasteiger partial charge is 0.0905 e. The monoisotopic (exact) mass is 123 g/mol. The van der Waals surface area contributed by atoms with Crippen molar-refractivity contribution in [2.24, 2.45) is 0 Å². The fourth-order valence-electron chi connectivity index (χ4n) is 0. The number of carbonyl (C=O) groups is 1. The van der Waals surface area contributed by atoms with E-state index in [0.717, 1.165) is 6.92 Å². The van der Waals surface area contributed by atoms with Gasteiger partial charge in [-0.3, -0.25) is 0 Å². The number of aliphatic carboxylic acids is 1. The van der Waals surface area contributed by atoms with Crippen molar-refractivity contribution in [3.8, 4) is 0 Å². The molecule has 0 spiro atoms. The molecule has 0 bridgehead atoms. The second kappa shape index (κ2) is 6.35. The molecule has 0 fully saturated rings. The lowest BCUT2D eigenvalue weighted by Gasteiger charge is -2.00. The summed E-state index contributed by atoms with van der Waals surface area (Å²) in [6.45, 7) is 1.13. The molecule has 5 heteroatoms. The first-order chi connectivity index (χ1) is 3.64. The molecule has 0 aliphatic rings. The molecule has 1 unspecified atom stereocenters. The number of hydrogen-bond acceptors (Lipinski definition) is 4. The van der Waals surface area contributed by atoms with Crippen LogP contribution in [0.4, 0.5) is 0 Å². The van der Waals surface area contributed by atoms with Gasteiger partial charge in [0.05, 0.1) is 12.1 Å². The number of carboxylic acid groups (broad SMARTS) is 1. The lowest BCUT2D eigenvalue weighted by atomic mass is 10.4. The summed E-state index contributed by atoms with van der Waals surface area (Å²) in [4.78, 5) is 9.34. The number of quaternary nitrogens is 1. The van der Waals surface area contributed by atoms with E-state index in [1.807, 2.05) is 0 Å². The molecule has 0 aromatic heterocycles. The Morgan fingerprint density at radius 3 is 1.88 bits per heavy atom. The molecule has 5 N–H and O–H groups in total. The molecule has 0 aliphatic carbocycles. The van der Waals surface area contributed by atoms with E-state index in [0.29, 0.717) is 0 Å². The van der Waals surface area contributed by atoms with Crippen molar-refractivity contribution >= 4 is 5.97 Å². The fourth-order valence-corrected chi connectivity index (χ4v) is 0. The van der Waals surface area contributed by atoms with Crippen LogP contribution in [0.5, 0.6) is 0 Å². The van der Waals surface area contributed by atoms with Gasteiger partial charge in [-0.1, -0.05) is 0 Å².